The summed E-state index contributed by atoms with van der Waals surface area (Å²) in [6.07, 6.45) is 1.35. The van der Waals surface area contributed by atoms with E-state index in [0.29, 0.717) is 19.5 Å². The summed E-state index contributed by atoms with van der Waals surface area (Å²) < 4.78 is 1.96. The number of nitrogens with zero attached hydrogens (tertiary/aromatic N) is 3. The molecule has 1 fully saturated rings. The molecule has 1 aliphatic rings. The lowest BCUT2D eigenvalue weighted by Crippen LogP contribution is -2.47. The molecule has 2 heterocycles. The molecular formula is C17H22N4O3. The zero-order valence-corrected chi connectivity index (χ0v) is 14.0. The van der Waals surface area contributed by atoms with Crippen LogP contribution < -0.4 is 5.32 Å². The van der Waals surface area contributed by atoms with Gasteiger partial charge >= 0.3 is 12.0 Å². The number of urea groups is 1. The lowest BCUT2D eigenvalue weighted by Gasteiger charge is -2.30. The Labute approximate surface area is 140 Å². The fraction of sp³-hybridized carbons (Fsp3) is 0.471. The molecule has 0 aliphatic carbocycles. The molecule has 2 N–H and O–H groups in total. The van der Waals surface area contributed by atoms with E-state index in [0.717, 1.165) is 28.8 Å². The van der Waals surface area contributed by atoms with Gasteiger partial charge in [0.25, 0.3) is 0 Å². The lowest BCUT2D eigenvalue weighted by atomic mass is 9.99. The number of benzene rings is 1. The molecule has 1 atom stereocenters. The Morgan fingerprint density at radius 2 is 2.21 bits per heavy atom. The van der Waals surface area contributed by atoms with Crippen LogP contribution in [0, 0.1) is 12.8 Å². The van der Waals surface area contributed by atoms with E-state index in [4.69, 9.17) is 5.11 Å². The van der Waals surface area contributed by atoms with Crippen molar-refractivity contribution in [3.63, 3.8) is 0 Å². The molecule has 0 radical (unpaired) electrons. The summed E-state index contributed by atoms with van der Waals surface area (Å²) in [6, 6.07) is 5.84. The van der Waals surface area contributed by atoms with Gasteiger partial charge in [-0.05, 0) is 37.5 Å². The standard InChI is InChI=1S/C17H22N4O3/c1-11-5-6-14-13(8-11)19-15(20(14)2)9-18-17(24)21-7-3-4-12(10-21)16(22)23/h5-6,8,12H,3-4,7,9-10H2,1-2H3,(H,18,24)(H,22,23). The van der Waals surface area contributed by atoms with Crippen molar-refractivity contribution in [2.75, 3.05) is 13.1 Å². The summed E-state index contributed by atoms with van der Waals surface area (Å²) in [5.41, 5.74) is 3.07. The number of fused-ring (bicyclic) bond motifs is 1. The molecule has 24 heavy (non-hydrogen) atoms. The smallest absolute Gasteiger partial charge is 0.317 e. The van der Waals surface area contributed by atoms with Crippen molar-refractivity contribution in [2.45, 2.75) is 26.3 Å². The summed E-state index contributed by atoms with van der Waals surface area (Å²) in [5.74, 6) is -0.530. The van der Waals surface area contributed by atoms with Crippen LogP contribution in [0.4, 0.5) is 4.79 Å². The number of nitrogens with one attached hydrogen (secondary N) is 1. The summed E-state index contributed by atoms with van der Waals surface area (Å²) >= 11 is 0. The van der Waals surface area contributed by atoms with E-state index in [1.54, 1.807) is 4.90 Å². The Balaban J connectivity index is 1.66. The summed E-state index contributed by atoms with van der Waals surface area (Å²) in [6.45, 7) is 3.20. The van der Waals surface area contributed by atoms with Gasteiger partial charge in [-0.3, -0.25) is 4.79 Å². The molecule has 1 aromatic carbocycles. The Bertz CT molecular complexity index is 783. The molecule has 7 heteroatoms. The van der Waals surface area contributed by atoms with Gasteiger partial charge in [0.15, 0.2) is 0 Å². The SMILES string of the molecule is Cc1ccc2c(c1)nc(CNC(=O)N1CCCC(C(=O)O)C1)n2C. The van der Waals surface area contributed by atoms with E-state index in [-0.39, 0.29) is 12.6 Å². The topological polar surface area (TPSA) is 87.5 Å². The van der Waals surface area contributed by atoms with Crippen LogP contribution in [0.25, 0.3) is 11.0 Å². The number of rotatable bonds is 3. The van der Waals surface area contributed by atoms with Gasteiger partial charge in [-0.1, -0.05) is 6.07 Å². The molecule has 0 bridgehead atoms. The van der Waals surface area contributed by atoms with Crippen molar-refractivity contribution in [3.05, 3.63) is 29.6 Å². The average Bonchev–Trinajstić information content (AvgIpc) is 2.88. The van der Waals surface area contributed by atoms with Crippen molar-refractivity contribution in [1.29, 1.82) is 0 Å². The first-order valence-corrected chi connectivity index (χ1v) is 8.13. The maximum absolute atomic E-state index is 12.3. The molecule has 3 rings (SSSR count). The Kier molecular flexibility index (Phi) is 4.42. The maximum atomic E-state index is 12.3. The highest BCUT2D eigenvalue weighted by Gasteiger charge is 2.28. The molecule has 0 spiro atoms. The highest BCUT2D eigenvalue weighted by Crippen LogP contribution is 2.18. The van der Waals surface area contributed by atoms with Crippen LogP contribution >= 0.6 is 0 Å². The quantitative estimate of drug-likeness (QED) is 0.899. The first kappa shape index (κ1) is 16.3. The fourth-order valence-electron chi connectivity index (χ4n) is 3.15. The molecule has 1 aliphatic heterocycles. The van der Waals surface area contributed by atoms with Crippen LogP contribution in [0.15, 0.2) is 18.2 Å². The average molecular weight is 330 g/mol. The van der Waals surface area contributed by atoms with Crippen LogP contribution in [-0.2, 0) is 18.4 Å². The van der Waals surface area contributed by atoms with Gasteiger partial charge in [0, 0.05) is 20.1 Å². The van der Waals surface area contributed by atoms with Crippen molar-refractivity contribution in [1.82, 2.24) is 19.8 Å². The van der Waals surface area contributed by atoms with Gasteiger partial charge in [0.1, 0.15) is 5.82 Å². The number of likely N-dealkylation sites (tertiary alicyclic amines) is 1. The molecule has 128 valence electrons. The van der Waals surface area contributed by atoms with E-state index in [1.807, 2.05) is 36.7 Å². The monoisotopic (exact) mass is 330 g/mol. The number of carboxylic acids is 1. The Hall–Kier alpha value is -2.57. The third-order valence-electron chi connectivity index (χ3n) is 4.58. The second-order valence-electron chi connectivity index (χ2n) is 6.36. The number of aryl methyl sites for hydroxylation is 2. The molecule has 2 amide bonds. The van der Waals surface area contributed by atoms with Crippen LogP contribution in [0.1, 0.15) is 24.2 Å². The van der Waals surface area contributed by atoms with E-state index < -0.39 is 11.9 Å². The largest absolute Gasteiger partial charge is 0.481 e. The summed E-state index contributed by atoms with van der Waals surface area (Å²) in [4.78, 5) is 29.6. The molecule has 1 aromatic heterocycles. The first-order chi connectivity index (χ1) is 11.5. The van der Waals surface area contributed by atoms with E-state index in [9.17, 15) is 9.59 Å². The minimum atomic E-state index is -0.835. The van der Waals surface area contributed by atoms with Crippen molar-refractivity contribution in [3.8, 4) is 0 Å². The maximum Gasteiger partial charge on any atom is 0.317 e. The van der Waals surface area contributed by atoms with Gasteiger partial charge in [-0.15, -0.1) is 0 Å². The lowest BCUT2D eigenvalue weighted by molar-refractivity contribution is -0.143. The van der Waals surface area contributed by atoms with Gasteiger partial charge in [-0.25, -0.2) is 9.78 Å². The van der Waals surface area contributed by atoms with Crippen molar-refractivity contribution < 1.29 is 14.7 Å². The number of hydrogen-bond donors (Lipinski definition) is 2. The zero-order chi connectivity index (χ0) is 17.3. The minimum absolute atomic E-state index is 0.232. The van der Waals surface area contributed by atoms with Crippen LogP contribution in [0.3, 0.4) is 0 Å². The van der Waals surface area contributed by atoms with Gasteiger partial charge in [0.2, 0.25) is 0 Å². The highest BCUT2D eigenvalue weighted by atomic mass is 16.4. The molecule has 2 aromatic rings. The van der Waals surface area contributed by atoms with Gasteiger partial charge < -0.3 is 19.9 Å². The zero-order valence-electron chi connectivity index (χ0n) is 14.0. The second kappa shape index (κ2) is 6.51. The predicted molar refractivity (Wildman–Crippen MR) is 89.6 cm³/mol. The van der Waals surface area contributed by atoms with Crippen LogP contribution in [-0.4, -0.2) is 44.6 Å². The second-order valence-corrected chi connectivity index (χ2v) is 6.36. The normalized spacial score (nSPS) is 17.9. The predicted octanol–water partition coefficient (Wildman–Crippen LogP) is 1.89. The number of carbonyl (C=O) groups excluding carboxylic acids is 1. The molecular weight excluding hydrogens is 308 g/mol. The number of aromatic nitrogens is 2. The first-order valence-electron chi connectivity index (χ1n) is 8.13. The van der Waals surface area contributed by atoms with Gasteiger partial charge in [-0.2, -0.15) is 0 Å². The van der Waals surface area contributed by atoms with E-state index >= 15 is 0 Å². The molecule has 1 saturated heterocycles. The van der Waals surface area contributed by atoms with E-state index in [1.165, 1.54) is 0 Å². The third-order valence-corrected chi connectivity index (χ3v) is 4.58. The number of amides is 2. The number of imidazole rings is 1. The van der Waals surface area contributed by atoms with Crippen LogP contribution in [0.2, 0.25) is 0 Å². The van der Waals surface area contributed by atoms with E-state index in [2.05, 4.69) is 10.3 Å². The Morgan fingerprint density at radius 1 is 1.42 bits per heavy atom. The fourth-order valence-corrected chi connectivity index (χ4v) is 3.15. The minimum Gasteiger partial charge on any atom is -0.481 e. The van der Waals surface area contributed by atoms with Crippen molar-refractivity contribution >= 4 is 23.0 Å². The summed E-state index contributed by atoms with van der Waals surface area (Å²) in [5, 5.41) is 12.0. The van der Waals surface area contributed by atoms with Crippen LogP contribution in [0.5, 0.6) is 0 Å². The molecule has 0 saturated carbocycles. The number of hydrogen-bond acceptors (Lipinski definition) is 3. The highest BCUT2D eigenvalue weighted by molar-refractivity contribution is 5.78. The number of piperidine rings is 1. The van der Waals surface area contributed by atoms with Gasteiger partial charge in [0.05, 0.1) is 23.5 Å². The number of carboxylic acid groups (broad SMARTS) is 1. The Morgan fingerprint density at radius 3 is 2.96 bits per heavy atom. The third kappa shape index (κ3) is 3.20. The molecule has 7 nitrogen and oxygen atoms in total. The number of aliphatic carboxylic acids is 1. The summed E-state index contributed by atoms with van der Waals surface area (Å²) in [7, 11) is 1.92. The number of carbonyl (C=O) groups is 2. The molecule has 1 unspecified atom stereocenters. The van der Waals surface area contributed by atoms with Crippen molar-refractivity contribution in [2.24, 2.45) is 13.0 Å².